The molecular formula is C32H48O2. The van der Waals surface area contributed by atoms with Gasteiger partial charge >= 0.3 is 0 Å². The minimum Gasteiger partial charge on any atom is -0.372 e. The molecule has 1 aliphatic heterocycles. The number of hydrogen-bond acceptors (Lipinski definition) is 2. The topological polar surface area (TPSA) is 29.6 Å². The van der Waals surface area contributed by atoms with E-state index in [2.05, 4.69) is 61.5 Å². The Bertz CT molecular complexity index is 994. The average Bonchev–Trinajstić information content (AvgIpc) is 3.55. The number of rotatable bonds is 2. The first-order valence-corrected chi connectivity index (χ1v) is 14.4. The third-order valence-electron chi connectivity index (χ3n) is 13.4. The van der Waals surface area contributed by atoms with Crippen LogP contribution in [-0.4, -0.2) is 18.5 Å². The van der Waals surface area contributed by atoms with E-state index in [9.17, 15) is 4.79 Å². The number of ether oxygens (including phenoxy) is 1. The van der Waals surface area contributed by atoms with Crippen molar-refractivity contribution in [3.8, 4) is 0 Å². The average molecular weight is 465 g/mol. The Morgan fingerprint density at radius 1 is 0.941 bits per heavy atom. The maximum Gasteiger partial charge on any atom is 0.160 e. The SMILES string of the molecule is CC1=CC[C@]2(C)[C@H]3CC[C@@H]4C5=C(C(C)C)C(=O)C[C@]5(C5CO5)CC[C@@]4(C)[C@]3(C)CC[C@H]2C1(C)C. The molecule has 1 saturated heterocycles. The number of hydrogen-bond donors (Lipinski definition) is 0. The fourth-order valence-electron chi connectivity index (χ4n) is 11.2. The Hall–Kier alpha value is -0.890. The second-order valence-electron chi connectivity index (χ2n) is 15.0. The smallest absolute Gasteiger partial charge is 0.160 e. The minimum atomic E-state index is 0.0256. The number of epoxide rings is 1. The molecule has 1 unspecified atom stereocenters. The fourth-order valence-corrected chi connectivity index (χ4v) is 11.2. The Balaban J connectivity index is 1.46. The van der Waals surface area contributed by atoms with Crippen LogP contribution in [-0.2, 0) is 9.53 Å². The van der Waals surface area contributed by atoms with Crippen LogP contribution in [0.4, 0.5) is 0 Å². The Labute approximate surface area is 208 Å². The summed E-state index contributed by atoms with van der Waals surface area (Å²) in [6.45, 7) is 20.8. The Kier molecular flexibility index (Phi) is 4.77. The highest BCUT2D eigenvalue weighted by Crippen LogP contribution is 2.77. The molecule has 0 N–H and O–H groups in total. The molecule has 0 amide bonds. The second-order valence-corrected chi connectivity index (χ2v) is 15.0. The molecule has 188 valence electrons. The van der Waals surface area contributed by atoms with Crippen LogP contribution < -0.4 is 0 Å². The number of carbonyl (C=O) groups excluding carboxylic acids is 1. The third-order valence-corrected chi connectivity index (χ3v) is 13.4. The quantitative estimate of drug-likeness (QED) is 0.307. The van der Waals surface area contributed by atoms with Gasteiger partial charge in [-0.1, -0.05) is 65.7 Å². The van der Waals surface area contributed by atoms with Gasteiger partial charge in [-0.2, -0.15) is 0 Å². The summed E-state index contributed by atoms with van der Waals surface area (Å²) in [5.74, 6) is 2.89. The summed E-state index contributed by atoms with van der Waals surface area (Å²) in [5, 5.41) is 0. The van der Waals surface area contributed by atoms with Gasteiger partial charge in [0.15, 0.2) is 5.78 Å². The monoisotopic (exact) mass is 464 g/mol. The number of fused-ring (bicyclic) bond motifs is 7. The molecule has 2 nitrogen and oxygen atoms in total. The third kappa shape index (κ3) is 2.60. The summed E-state index contributed by atoms with van der Waals surface area (Å²) in [6, 6.07) is 0. The van der Waals surface area contributed by atoms with E-state index in [0.717, 1.165) is 31.3 Å². The van der Waals surface area contributed by atoms with Gasteiger partial charge in [0.1, 0.15) is 0 Å². The van der Waals surface area contributed by atoms with Crippen molar-refractivity contribution >= 4 is 5.78 Å². The van der Waals surface area contributed by atoms with Crippen molar-refractivity contribution in [3.05, 3.63) is 22.8 Å². The van der Waals surface area contributed by atoms with Crippen molar-refractivity contribution in [1.29, 1.82) is 0 Å². The molecule has 5 aliphatic carbocycles. The summed E-state index contributed by atoms with van der Waals surface area (Å²) in [4.78, 5) is 13.5. The summed E-state index contributed by atoms with van der Waals surface area (Å²) in [7, 11) is 0. The van der Waals surface area contributed by atoms with E-state index >= 15 is 0 Å². The Morgan fingerprint density at radius 2 is 1.65 bits per heavy atom. The van der Waals surface area contributed by atoms with Crippen LogP contribution in [0, 0.1) is 50.7 Å². The molecule has 4 fully saturated rings. The van der Waals surface area contributed by atoms with Crippen molar-refractivity contribution in [2.45, 2.75) is 113 Å². The molecule has 0 spiro atoms. The molecule has 0 radical (unpaired) electrons. The highest BCUT2D eigenvalue weighted by Gasteiger charge is 2.70. The molecule has 0 bridgehead atoms. The molecule has 0 aromatic carbocycles. The van der Waals surface area contributed by atoms with Gasteiger partial charge in [-0.3, -0.25) is 4.79 Å². The molecule has 1 heterocycles. The van der Waals surface area contributed by atoms with Gasteiger partial charge in [0.2, 0.25) is 0 Å². The van der Waals surface area contributed by atoms with Crippen LogP contribution in [0.3, 0.4) is 0 Å². The van der Waals surface area contributed by atoms with Gasteiger partial charge in [-0.25, -0.2) is 0 Å². The first-order valence-electron chi connectivity index (χ1n) is 14.4. The van der Waals surface area contributed by atoms with Gasteiger partial charge in [-0.15, -0.1) is 0 Å². The molecule has 6 rings (SSSR count). The fraction of sp³-hybridized carbons (Fsp3) is 0.844. The molecule has 2 heteroatoms. The molecule has 0 aromatic rings. The van der Waals surface area contributed by atoms with Crippen molar-refractivity contribution in [3.63, 3.8) is 0 Å². The second kappa shape index (κ2) is 6.90. The van der Waals surface area contributed by atoms with Gasteiger partial charge in [0.25, 0.3) is 0 Å². The highest BCUT2D eigenvalue weighted by atomic mass is 16.6. The van der Waals surface area contributed by atoms with Crippen molar-refractivity contribution in [1.82, 2.24) is 0 Å². The molecule has 8 atom stereocenters. The molecular weight excluding hydrogens is 416 g/mol. The van der Waals surface area contributed by atoms with Gasteiger partial charge in [0, 0.05) is 11.8 Å². The van der Waals surface area contributed by atoms with Crippen LogP contribution in [0.2, 0.25) is 0 Å². The van der Waals surface area contributed by atoms with Crippen LogP contribution in [0.25, 0.3) is 0 Å². The number of Topliss-reactive ketones (excluding diaryl/α,β-unsaturated/α-hetero) is 1. The van der Waals surface area contributed by atoms with E-state index < -0.39 is 0 Å². The number of ketones is 1. The predicted molar refractivity (Wildman–Crippen MR) is 138 cm³/mol. The Morgan fingerprint density at radius 3 is 2.29 bits per heavy atom. The maximum atomic E-state index is 13.5. The van der Waals surface area contributed by atoms with Crippen LogP contribution in [0.15, 0.2) is 22.8 Å². The lowest BCUT2D eigenvalue weighted by atomic mass is 9.33. The van der Waals surface area contributed by atoms with E-state index in [4.69, 9.17) is 4.74 Å². The van der Waals surface area contributed by atoms with E-state index in [-0.39, 0.29) is 10.8 Å². The van der Waals surface area contributed by atoms with E-state index in [1.54, 1.807) is 11.1 Å². The molecule has 34 heavy (non-hydrogen) atoms. The zero-order valence-corrected chi connectivity index (χ0v) is 23.1. The lowest BCUT2D eigenvalue weighted by Crippen LogP contribution is -2.64. The van der Waals surface area contributed by atoms with Gasteiger partial charge in [0.05, 0.1) is 12.7 Å². The molecule has 3 saturated carbocycles. The summed E-state index contributed by atoms with van der Waals surface area (Å²) in [5.41, 5.74) is 5.76. The molecule has 0 aromatic heterocycles. The van der Waals surface area contributed by atoms with Gasteiger partial charge < -0.3 is 4.74 Å². The summed E-state index contributed by atoms with van der Waals surface area (Å²) >= 11 is 0. The lowest BCUT2D eigenvalue weighted by Gasteiger charge is -2.71. The first kappa shape index (κ1) is 23.5. The zero-order chi connectivity index (χ0) is 24.5. The maximum absolute atomic E-state index is 13.5. The summed E-state index contributed by atoms with van der Waals surface area (Å²) < 4.78 is 6.00. The van der Waals surface area contributed by atoms with E-state index in [0.29, 0.717) is 40.0 Å². The van der Waals surface area contributed by atoms with Crippen LogP contribution >= 0.6 is 0 Å². The van der Waals surface area contributed by atoms with Crippen LogP contribution in [0.5, 0.6) is 0 Å². The predicted octanol–water partition coefficient (Wildman–Crippen LogP) is 7.92. The van der Waals surface area contributed by atoms with E-state index in [1.165, 1.54) is 44.1 Å². The minimum absolute atomic E-state index is 0.0256. The van der Waals surface area contributed by atoms with E-state index in [1.807, 2.05) is 0 Å². The largest absolute Gasteiger partial charge is 0.372 e. The van der Waals surface area contributed by atoms with Gasteiger partial charge in [-0.05, 0) is 103 Å². The first-order chi connectivity index (χ1) is 15.8. The van der Waals surface area contributed by atoms with Crippen molar-refractivity contribution in [2.75, 3.05) is 6.61 Å². The van der Waals surface area contributed by atoms with Crippen LogP contribution in [0.1, 0.15) is 107 Å². The zero-order valence-electron chi connectivity index (χ0n) is 23.1. The number of allylic oxidation sites excluding steroid dienone is 3. The molecule has 6 aliphatic rings. The number of carbonyl (C=O) groups is 1. The summed E-state index contributed by atoms with van der Waals surface area (Å²) in [6.07, 6.45) is 12.6. The lowest BCUT2D eigenvalue weighted by molar-refractivity contribution is -0.199. The normalized spacial score (nSPS) is 51.4. The highest BCUT2D eigenvalue weighted by molar-refractivity contribution is 6.00. The standard InChI is InChI=1S/C32H48O2/c1-19(2)26-22(33)17-32(25-18-34-25)16-15-30(7)21(27(26)32)9-10-24-29(6)13-11-20(3)28(4,5)23(29)12-14-31(24,30)8/h11,19,21,23-25H,9-10,12-18H2,1-8H3/t21-,23+,24-,25?,29+,30-,31-,32+/m1/s1. The van der Waals surface area contributed by atoms with Crippen molar-refractivity contribution < 1.29 is 9.53 Å². The van der Waals surface area contributed by atoms with Crippen molar-refractivity contribution in [2.24, 2.45) is 50.7 Å².